The van der Waals surface area contributed by atoms with E-state index in [-0.39, 0.29) is 11.6 Å². The Morgan fingerprint density at radius 1 is 1.47 bits per heavy atom. The van der Waals surface area contributed by atoms with Gasteiger partial charge < -0.3 is 9.47 Å². The lowest BCUT2D eigenvalue weighted by Gasteiger charge is -2.16. The Bertz CT molecular complexity index is 407. The molecule has 1 heterocycles. The molecule has 0 fully saturated rings. The first-order valence-electron chi connectivity index (χ1n) is 4.92. The monoisotopic (exact) mass is 206 g/mol. The van der Waals surface area contributed by atoms with Gasteiger partial charge in [0, 0.05) is 6.42 Å². The minimum absolute atomic E-state index is 0.170. The van der Waals surface area contributed by atoms with Gasteiger partial charge in [-0.1, -0.05) is 0 Å². The second kappa shape index (κ2) is 3.26. The molecule has 1 aromatic carbocycles. The molecule has 0 unspecified atom stereocenters. The summed E-state index contributed by atoms with van der Waals surface area (Å²) in [4.78, 5) is 11.3. The van der Waals surface area contributed by atoms with Crippen LogP contribution in [0.3, 0.4) is 0 Å². The van der Waals surface area contributed by atoms with Crippen LogP contribution >= 0.6 is 0 Å². The van der Waals surface area contributed by atoms with Gasteiger partial charge in [0.15, 0.2) is 0 Å². The largest absolute Gasteiger partial charge is 0.487 e. The number of fused-ring (bicyclic) bond motifs is 1. The van der Waals surface area contributed by atoms with Crippen LogP contribution in [0.1, 0.15) is 29.8 Å². The zero-order valence-electron chi connectivity index (χ0n) is 9.16. The van der Waals surface area contributed by atoms with Crippen molar-refractivity contribution in [2.45, 2.75) is 25.9 Å². The van der Waals surface area contributed by atoms with Crippen molar-refractivity contribution in [3.63, 3.8) is 0 Å². The molecular formula is C12H14O3. The Hall–Kier alpha value is -1.51. The highest BCUT2D eigenvalue weighted by Crippen LogP contribution is 2.35. The second-order valence-corrected chi connectivity index (χ2v) is 4.35. The lowest BCUT2D eigenvalue weighted by molar-refractivity contribution is 0.0600. The van der Waals surface area contributed by atoms with Crippen molar-refractivity contribution in [2.24, 2.45) is 0 Å². The van der Waals surface area contributed by atoms with Gasteiger partial charge in [-0.15, -0.1) is 0 Å². The summed E-state index contributed by atoms with van der Waals surface area (Å²) in [6.07, 6.45) is 0.827. The molecule has 1 aromatic rings. The number of benzene rings is 1. The smallest absolute Gasteiger partial charge is 0.337 e. The predicted octanol–water partition coefficient (Wildman–Crippen LogP) is 2.19. The Morgan fingerprint density at radius 2 is 2.20 bits per heavy atom. The number of carbonyl (C=O) groups excluding carboxylic acids is 1. The molecule has 0 saturated carbocycles. The van der Waals surface area contributed by atoms with Crippen LogP contribution in [0.4, 0.5) is 0 Å². The van der Waals surface area contributed by atoms with Crippen molar-refractivity contribution < 1.29 is 14.3 Å². The highest BCUT2D eigenvalue weighted by atomic mass is 16.5. The number of methoxy groups -OCH3 is 1. The van der Waals surface area contributed by atoms with E-state index in [1.165, 1.54) is 7.11 Å². The zero-order valence-corrected chi connectivity index (χ0v) is 9.16. The Morgan fingerprint density at radius 3 is 2.87 bits per heavy atom. The molecule has 0 radical (unpaired) electrons. The molecule has 3 heteroatoms. The number of hydrogen-bond donors (Lipinski definition) is 0. The van der Waals surface area contributed by atoms with Gasteiger partial charge in [-0.3, -0.25) is 0 Å². The summed E-state index contributed by atoms with van der Waals surface area (Å²) in [6.45, 7) is 4.07. The lowest BCUT2D eigenvalue weighted by atomic mass is 10.0. The van der Waals surface area contributed by atoms with E-state index in [9.17, 15) is 4.79 Å². The van der Waals surface area contributed by atoms with E-state index in [1.54, 1.807) is 6.07 Å². The van der Waals surface area contributed by atoms with Crippen molar-refractivity contribution in [1.82, 2.24) is 0 Å². The molecule has 0 saturated heterocycles. The third kappa shape index (κ3) is 1.82. The van der Waals surface area contributed by atoms with Gasteiger partial charge in [0.05, 0.1) is 12.7 Å². The fourth-order valence-corrected chi connectivity index (χ4v) is 1.85. The van der Waals surface area contributed by atoms with Gasteiger partial charge in [-0.25, -0.2) is 4.79 Å². The van der Waals surface area contributed by atoms with E-state index >= 15 is 0 Å². The third-order valence-electron chi connectivity index (χ3n) is 2.48. The number of ether oxygens (including phenoxy) is 2. The summed E-state index contributed by atoms with van der Waals surface area (Å²) in [6, 6.07) is 5.40. The molecule has 0 amide bonds. The van der Waals surface area contributed by atoms with E-state index in [4.69, 9.17) is 4.74 Å². The summed E-state index contributed by atoms with van der Waals surface area (Å²) in [5.41, 5.74) is 1.48. The standard InChI is InChI=1S/C12H14O3/c1-12(2)7-9-6-8(11(13)14-3)4-5-10(9)15-12/h4-6H,7H2,1-3H3. The molecule has 0 bridgehead atoms. The minimum Gasteiger partial charge on any atom is -0.487 e. The fraction of sp³-hybridized carbons (Fsp3) is 0.417. The Balaban J connectivity index is 2.34. The second-order valence-electron chi connectivity index (χ2n) is 4.35. The summed E-state index contributed by atoms with van der Waals surface area (Å²) in [5.74, 6) is 0.565. The van der Waals surface area contributed by atoms with Gasteiger partial charge in [-0.2, -0.15) is 0 Å². The van der Waals surface area contributed by atoms with E-state index in [2.05, 4.69) is 4.74 Å². The van der Waals surface area contributed by atoms with Crippen molar-refractivity contribution in [3.8, 4) is 5.75 Å². The SMILES string of the molecule is COC(=O)c1ccc2c(c1)CC(C)(C)O2. The molecule has 1 aliphatic heterocycles. The van der Waals surface area contributed by atoms with Crippen molar-refractivity contribution in [1.29, 1.82) is 0 Å². The van der Waals surface area contributed by atoms with Crippen LogP contribution in [0.2, 0.25) is 0 Å². The molecule has 1 aliphatic rings. The number of hydrogen-bond acceptors (Lipinski definition) is 3. The fourth-order valence-electron chi connectivity index (χ4n) is 1.85. The Kier molecular flexibility index (Phi) is 2.18. The molecule has 0 N–H and O–H groups in total. The lowest BCUT2D eigenvalue weighted by Crippen LogP contribution is -2.24. The maximum absolute atomic E-state index is 11.3. The molecule has 0 atom stereocenters. The normalized spacial score (nSPS) is 16.7. The Labute approximate surface area is 89.0 Å². The van der Waals surface area contributed by atoms with E-state index in [0.717, 1.165) is 17.7 Å². The van der Waals surface area contributed by atoms with Crippen molar-refractivity contribution in [3.05, 3.63) is 29.3 Å². The average Bonchev–Trinajstić information content (AvgIpc) is 2.49. The highest BCUT2D eigenvalue weighted by molar-refractivity contribution is 5.89. The number of esters is 1. The first kappa shape index (κ1) is 10.0. The highest BCUT2D eigenvalue weighted by Gasteiger charge is 2.30. The maximum atomic E-state index is 11.3. The number of carbonyl (C=O) groups is 1. The predicted molar refractivity (Wildman–Crippen MR) is 56.2 cm³/mol. The van der Waals surface area contributed by atoms with Crippen LogP contribution in [0.25, 0.3) is 0 Å². The van der Waals surface area contributed by atoms with Crippen LogP contribution in [-0.2, 0) is 11.2 Å². The minimum atomic E-state index is -0.303. The molecular weight excluding hydrogens is 192 g/mol. The van der Waals surface area contributed by atoms with Gasteiger partial charge in [0.25, 0.3) is 0 Å². The molecule has 0 aliphatic carbocycles. The summed E-state index contributed by atoms with van der Waals surface area (Å²) in [7, 11) is 1.38. The summed E-state index contributed by atoms with van der Waals surface area (Å²) in [5, 5.41) is 0. The molecule has 80 valence electrons. The van der Waals surface area contributed by atoms with Crippen LogP contribution in [0, 0.1) is 0 Å². The molecule has 2 rings (SSSR count). The molecule has 3 nitrogen and oxygen atoms in total. The van der Waals surface area contributed by atoms with Crippen molar-refractivity contribution in [2.75, 3.05) is 7.11 Å². The first-order chi connectivity index (χ1) is 7.02. The van der Waals surface area contributed by atoms with Crippen molar-refractivity contribution >= 4 is 5.97 Å². The maximum Gasteiger partial charge on any atom is 0.337 e. The topological polar surface area (TPSA) is 35.5 Å². The number of rotatable bonds is 1. The van der Waals surface area contributed by atoms with E-state index in [1.807, 2.05) is 26.0 Å². The van der Waals surface area contributed by atoms with Crippen LogP contribution < -0.4 is 4.74 Å². The van der Waals surface area contributed by atoms with E-state index < -0.39 is 0 Å². The molecule has 0 spiro atoms. The quantitative estimate of drug-likeness (QED) is 0.661. The van der Waals surface area contributed by atoms with Gasteiger partial charge in [-0.05, 0) is 37.6 Å². The zero-order chi connectivity index (χ0) is 11.1. The third-order valence-corrected chi connectivity index (χ3v) is 2.48. The van der Waals surface area contributed by atoms with Gasteiger partial charge in [0.1, 0.15) is 11.4 Å². The van der Waals surface area contributed by atoms with Gasteiger partial charge >= 0.3 is 5.97 Å². The summed E-state index contributed by atoms with van der Waals surface area (Å²) < 4.78 is 10.4. The molecule has 0 aromatic heterocycles. The van der Waals surface area contributed by atoms with Gasteiger partial charge in [0.2, 0.25) is 0 Å². The van der Waals surface area contributed by atoms with Crippen LogP contribution in [-0.4, -0.2) is 18.7 Å². The van der Waals surface area contributed by atoms with E-state index in [0.29, 0.717) is 5.56 Å². The van der Waals surface area contributed by atoms with Crippen LogP contribution in [0.5, 0.6) is 5.75 Å². The average molecular weight is 206 g/mol. The summed E-state index contributed by atoms with van der Waals surface area (Å²) >= 11 is 0. The molecule has 15 heavy (non-hydrogen) atoms. The first-order valence-corrected chi connectivity index (χ1v) is 4.92. The van der Waals surface area contributed by atoms with Crippen LogP contribution in [0.15, 0.2) is 18.2 Å².